The van der Waals surface area contributed by atoms with Gasteiger partial charge in [0.1, 0.15) is 11.6 Å². The first-order valence-electron chi connectivity index (χ1n) is 7.74. The first kappa shape index (κ1) is 16.4. The second-order valence-electron chi connectivity index (χ2n) is 5.53. The molecule has 0 fully saturated rings. The number of aryl methyl sites for hydroxylation is 1. The molecule has 126 valence electrons. The fraction of sp³-hybridized carbons (Fsp3) is 0.312. The largest absolute Gasteiger partial charge is 0.302 e. The zero-order chi connectivity index (χ0) is 17.2. The summed E-state index contributed by atoms with van der Waals surface area (Å²) in [5.41, 5.74) is 1.36. The zero-order valence-electron chi connectivity index (χ0n) is 13.6. The van der Waals surface area contributed by atoms with E-state index in [1.54, 1.807) is 28.4 Å². The number of rotatable bonds is 6. The van der Waals surface area contributed by atoms with Crippen LogP contribution >= 0.6 is 0 Å². The van der Waals surface area contributed by atoms with Crippen molar-refractivity contribution in [3.8, 4) is 5.69 Å². The summed E-state index contributed by atoms with van der Waals surface area (Å²) in [6.07, 6.45) is 2.56. The molecule has 0 spiro atoms. The molecule has 0 aliphatic carbocycles. The molecule has 0 saturated carbocycles. The molecule has 1 aromatic carbocycles. The third-order valence-electron chi connectivity index (χ3n) is 3.63. The molecule has 7 nitrogen and oxygen atoms in total. The molecule has 0 bridgehead atoms. The van der Waals surface area contributed by atoms with Crippen LogP contribution in [0.2, 0.25) is 0 Å². The van der Waals surface area contributed by atoms with Crippen molar-refractivity contribution in [2.24, 2.45) is 0 Å². The molecule has 0 radical (unpaired) electrons. The van der Waals surface area contributed by atoms with E-state index in [0.29, 0.717) is 18.1 Å². The molecule has 3 rings (SSSR count). The Kier molecular flexibility index (Phi) is 4.48. The molecule has 0 saturated heterocycles. The molecule has 0 N–H and O–H groups in total. The maximum atomic E-state index is 12.7. The monoisotopic (exact) mass is 345 g/mol. The van der Waals surface area contributed by atoms with Gasteiger partial charge in [-0.25, -0.2) is 13.1 Å². The third-order valence-corrected chi connectivity index (χ3v) is 5.16. The summed E-state index contributed by atoms with van der Waals surface area (Å²) in [4.78, 5) is 0. The van der Waals surface area contributed by atoms with Crippen LogP contribution in [0.5, 0.6) is 0 Å². The molecule has 2 aromatic heterocycles. The Hall–Kier alpha value is -2.48. The fourth-order valence-electron chi connectivity index (χ4n) is 2.50. The van der Waals surface area contributed by atoms with E-state index in [9.17, 15) is 8.42 Å². The molecule has 0 unspecified atom stereocenters. The summed E-state index contributed by atoms with van der Waals surface area (Å²) in [5.74, 6) is 0.402. The van der Waals surface area contributed by atoms with Crippen molar-refractivity contribution in [1.29, 1.82) is 0 Å². The van der Waals surface area contributed by atoms with E-state index in [1.807, 2.05) is 37.3 Å². The predicted octanol–water partition coefficient (Wildman–Crippen LogP) is 2.16. The number of nitrogens with zero attached hydrogens (tertiary/aromatic N) is 5. The van der Waals surface area contributed by atoms with Crippen LogP contribution in [0.15, 0.2) is 47.8 Å². The van der Waals surface area contributed by atoms with Gasteiger partial charge in [0, 0.05) is 12.7 Å². The smallest absolute Gasteiger partial charge is 0.250 e. The van der Waals surface area contributed by atoms with Crippen molar-refractivity contribution in [2.75, 3.05) is 0 Å². The van der Waals surface area contributed by atoms with Crippen LogP contribution in [0.4, 0.5) is 0 Å². The van der Waals surface area contributed by atoms with Crippen molar-refractivity contribution in [2.45, 2.75) is 37.7 Å². The molecule has 3 aromatic rings. The van der Waals surface area contributed by atoms with Gasteiger partial charge in [0.25, 0.3) is 0 Å². The van der Waals surface area contributed by atoms with Gasteiger partial charge < -0.3 is 4.57 Å². The van der Waals surface area contributed by atoms with Crippen LogP contribution in [-0.2, 0) is 22.1 Å². The van der Waals surface area contributed by atoms with Gasteiger partial charge in [-0.3, -0.25) is 0 Å². The lowest BCUT2D eigenvalue weighted by atomic mass is 10.3. The van der Waals surface area contributed by atoms with E-state index in [0.717, 1.165) is 12.1 Å². The average molecular weight is 345 g/mol. The van der Waals surface area contributed by atoms with Crippen LogP contribution in [0.25, 0.3) is 5.69 Å². The minimum Gasteiger partial charge on any atom is -0.302 e. The van der Waals surface area contributed by atoms with Gasteiger partial charge in [0.15, 0.2) is 0 Å². The molecule has 0 atom stereocenters. The van der Waals surface area contributed by atoms with E-state index in [2.05, 4.69) is 15.3 Å². The van der Waals surface area contributed by atoms with Gasteiger partial charge in [-0.15, -0.1) is 10.2 Å². The number of hydrogen-bond acceptors (Lipinski definition) is 5. The molecule has 0 aliphatic rings. The Bertz CT molecular complexity index is 929. The van der Waals surface area contributed by atoms with E-state index in [1.165, 1.54) is 0 Å². The molecule has 2 heterocycles. The summed E-state index contributed by atoms with van der Waals surface area (Å²) < 4.78 is 28.7. The predicted molar refractivity (Wildman–Crippen MR) is 89.5 cm³/mol. The van der Waals surface area contributed by atoms with E-state index >= 15 is 0 Å². The highest BCUT2D eigenvalue weighted by molar-refractivity contribution is 7.90. The summed E-state index contributed by atoms with van der Waals surface area (Å²) in [7, 11) is -3.60. The highest BCUT2D eigenvalue weighted by Crippen LogP contribution is 2.16. The van der Waals surface area contributed by atoms with Crippen LogP contribution in [0.1, 0.15) is 24.9 Å². The van der Waals surface area contributed by atoms with Crippen molar-refractivity contribution >= 4 is 9.84 Å². The van der Waals surface area contributed by atoms with E-state index in [4.69, 9.17) is 0 Å². The molecular weight excluding hydrogens is 326 g/mol. The zero-order valence-corrected chi connectivity index (χ0v) is 14.4. The van der Waals surface area contributed by atoms with E-state index in [-0.39, 0.29) is 10.9 Å². The summed E-state index contributed by atoms with van der Waals surface area (Å²) in [6, 6.07) is 11.3. The van der Waals surface area contributed by atoms with Crippen LogP contribution in [-0.4, -0.2) is 33.0 Å². The Labute approximate surface area is 140 Å². The van der Waals surface area contributed by atoms with Crippen molar-refractivity contribution in [1.82, 2.24) is 24.5 Å². The highest BCUT2D eigenvalue weighted by atomic mass is 32.2. The average Bonchev–Trinajstić information content (AvgIpc) is 3.16. The quantitative estimate of drug-likeness (QED) is 0.684. The molecular formula is C16H19N5O2S. The minimum absolute atomic E-state index is 0.0103. The molecule has 0 aliphatic heterocycles. The number of sulfone groups is 1. The maximum Gasteiger partial charge on any atom is 0.250 e. The minimum atomic E-state index is -3.60. The Morgan fingerprint density at radius 3 is 2.54 bits per heavy atom. The van der Waals surface area contributed by atoms with E-state index < -0.39 is 9.84 Å². The Balaban J connectivity index is 1.87. The van der Waals surface area contributed by atoms with Crippen LogP contribution < -0.4 is 0 Å². The first-order valence-corrected chi connectivity index (χ1v) is 9.39. The van der Waals surface area contributed by atoms with Gasteiger partial charge in [0.05, 0.1) is 11.4 Å². The number of hydrogen-bond donors (Lipinski definition) is 0. The Morgan fingerprint density at radius 2 is 1.83 bits per heavy atom. The summed E-state index contributed by atoms with van der Waals surface area (Å²) in [5, 5.41) is 12.1. The van der Waals surface area contributed by atoms with Crippen molar-refractivity contribution < 1.29 is 8.42 Å². The van der Waals surface area contributed by atoms with Crippen LogP contribution in [0.3, 0.4) is 0 Å². The standard InChI is InChI=1S/C16H19N5O2S/c1-3-10-20-13(2)17-18-16(20)24(22,23)12-14-9-11-21(19-14)15-7-5-4-6-8-15/h4-9,11H,3,10,12H2,1-2H3. The number of benzene rings is 1. The fourth-order valence-corrected chi connectivity index (χ4v) is 3.89. The van der Waals surface area contributed by atoms with Crippen molar-refractivity contribution in [3.05, 3.63) is 54.1 Å². The number of aromatic nitrogens is 5. The summed E-state index contributed by atoms with van der Waals surface area (Å²) in [6.45, 7) is 4.31. The topological polar surface area (TPSA) is 82.7 Å². The Morgan fingerprint density at radius 1 is 1.08 bits per heavy atom. The van der Waals surface area contributed by atoms with Gasteiger partial charge >= 0.3 is 0 Å². The van der Waals surface area contributed by atoms with Gasteiger partial charge in [-0.05, 0) is 31.5 Å². The maximum absolute atomic E-state index is 12.7. The SMILES string of the molecule is CCCn1c(C)nnc1S(=O)(=O)Cc1ccn(-c2ccccc2)n1. The molecule has 8 heteroatoms. The summed E-state index contributed by atoms with van der Waals surface area (Å²) >= 11 is 0. The molecule has 24 heavy (non-hydrogen) atoms. The van der Waals surface area contributed by atoms with Crippen molar-refractivity contribution in [3.63, 3.8) is 0 Å². The second kappa shape index (κ2) is 6.56. The van der Waals surface area contributed by atoms with Gasteiger partial charge in [-0.2, -0.15) is 5.10 Å². The number of para-hydroxylation sites is 1. The first-order chi connectivity index (χ1) is 11.5. The highest BCUT2D eigenvalue weighted by Gasteiger charge is 2.24. The lowest BCUT2D eigenvalue weighted by Crippen LogP contribution is -2.14. The third kappa shape index (κ3) is 3.23. The normalized spacial score (nSPS) is 11.8. The lowest BCUT2D eigenvalue weighted by molar-refractivity contribution is 0.550. The van der Waals surface area contributed by atoms with Crippen LogP contribution in [0, 0.1) is 6.92 Å². The van der Waals surface area contributed by atoms with Gasteiger partial charge in [0.2, 0.25) is 15.0 Å². The lowest BCUT2D eigenvalue weighted by Gasteiger charge is -2.07. The van der Waals surface area contributed by atoms with Gasteiger partial charge in [-0.1, -0.05) is 25.1 Å². The molecule has 0 amide bonds. The second-order valence-corrected chi connectivity index (χ2v) is 7.41.